The Bertz CT molecular complexity index is 1010. The molecule has 2 N–H and O–H groups in total. The van der Waals surface area contributed by atoms with Crippen LogP contribution in [0.25, 0.3) is 10.9 Å². The van der Waals surface area contributed by atoms with Gasteiger partial charge >= 0.3 is 5.97 Å². The maximum Gasteiger partial charge on any atom is 0.323 e. The second-order valence-corrected chi connectivity index (χ2v) is 6.52. The zero-order valence-corrected chi connectivity index (χ0v) is 14.2. The summed E-state index contributed by atoms with van der Waals surface area (Å²) in [5.41, 5.74) is 4.19. The second kappa shape index (κ2) is 5.78. The predicted molar refractivity (Wildman–Crippen MR) is 95.4 cm³/mol. The summed E-state index contributed by atoms with van der Waals surface area (Å²) < 4.78 is 16.2. The van der Waals surface area contributed by atoms with Crippen molar-refractivity contribution in [1.29, 1.82) is 0 Å². The molecule has 2 aromatic carbocycles. The predicted octanol–water partition coefficient (Wildman–Crippen LogP) is 2.67. The number of fused-ring (bicyclic) bond motifs is 4. The molecule has 2 aliphatic heterocycles. The van der Waals surface area contributed by atoms with Gasteiger partial charge in [0.15, 0.2) is 11.5 Å². The lowest BCUT2D eigenvalue weighted by Gasteiger charge is -2.30. The van der Waals surface area contributed by atoms with Crippen LogP contribution in [0.3, 0.4) is 0 Å². The number of carbonyl (C=O) groups excluding carboxylic acids is 1. The third kappa shape index (κ3) is 2.19. The van der Waals surface area contributed by atoms with E-state index in [0.29, 0.717) is 6.42 Å². The number of nitrogens with one attached hydrogen (secondary N) is 2. The Kier molecular flexibility index (Phi) is 3.39. The third-order valence-corrected chi connectivity index (χ3v) is 5.14. The van der Waals surface area contributed by atoms with E-state index < -0.39 is 6.04 Å². The van der Waals surface area contributed by atoms with Crippen LogP contribution in [0.5, 0.6) is 11.5 Å². The maximum atomic E-state index is 12.3. The van der Waals surface area contributed by atoms with Gasteiger partial charge in [0.25, 0.3) is 0 Å². The van der Waals surface area contributed by atoms with Gasteiger partial charge in [0.1, 0.15) is 6.04 Å². The van der Waals surface area contributed by atoms with Crippen LogP contribution in [0.2, 0.25) is 0 Å². The molecule has 0 aliphatic carbocycles. The molecule has 0 saturated carbocycles. The van der Waals surface area contributed by atoms with E-state index in [2.05, 4.69) is 16.4 Å². The van der Waals surface area contributed by atoms with Crippen molar-refractivity contribution in [1.82, 2.24) is 10.3 Å². The van der Waals surface area contributed by atoms with E-state index in [1.54, 1.807) is 0 Å². The van der Waals surface area contributed by atoms with Crippen LogP contribution < -0.4 is 14.8 Å². The first kappa shape index (κ1) is 15.3. The molecule has 0 unspecified atom stereocenters. The summed E-state index contributed by atoms with van der Waals surface area (Å²) in [6.07, 6.45) is 0.578. The van der Waals surface area contributed by atoms with Gasteiger partial charge in [-0.1, -0.05) is 30.3 Å². The minimum Gasteiger partial charge on any atom is -0.468 e. The van der Waals surface area contributed by atoms with Crippen LogP contribution in [0.4, 0.5) is 0 Å². The Morgan fingerprint density at radius 1 is 1.15 bits per heavy atom. The third-order valence-electron chi connectivity index (χ3n) is 5.14. The van der Waals surface area contributed by atoms with Crippen molar-refractivity contribution in [2.45, 2.75) is 18.5 Å². The lowest BCUT2D eigenvalue weighted by molar-refractivity contribution is -0.143. The number of hydrogen-bond donors (Lipinski definition) is 2. The number of methoxy groups -OCH3 is 1. The largest absolute Gasteiger partial charge is 0.468 e. The van der Waals surface area contributed by atoms with E-state index in [1.165, 1.54) is 7.11 Å². The van der Waals surface area contributed by atoms with Gasteiger partial charge < -0.3 is 19.2 Å². The van der Waals surface area contributed by atoms with Crippen LogP contribution >= 0.6 is 0 Å². The molecule has 0 spiro atoms. The molecule has 3 heterocycles. The molecule has 2 aliphatic rings. The van der Waals surface area contributed by atoms with Crippen molar-refractivity contribution in [3.63, 3.8) is 0 Å². The fourth-order valence-electron chi connectivity index (χ4n) is 3.95. The summed E-state index contributed by atoms with van der Waals surface area (Å²) in [5.74, 6) is 1.18. The number of aromatic amines is 1. The van der Waals surface area contributed by atoms with E-state index in [0.717, 1.165) is 39.2 Å². The lowest BCUT2D eigenvalue weighted by Crippen LogP contribution is -2.45. The van der Waals surface area contributed by atoms with E-state index in [-0.39, 0.29) is 18.8 Å². The second-order valence-electron chi connectivity index (χ2n) is 6.52. The molecule has 0 saturated heterocycles. The first-order valence-electron chi connectivity index (χ1n) is 8.58. The number of aromatic nitrogens is 1. The van der Waals surface area contributed by atoms with Crippen molar-refractivity contribution in [3.05, 3.63) is 59.3 Å². The highest BCUT2D eigenvalue weighted by Crippen LogP contribution is 2.43. The average molecular weight is 350 g/mol. The van der Waals surface area contributed by atoms with Crippen LogP contribution in [0.15, 0.2) is 42.5 Å². The van der Waals surface area contributed by atoms with E-state index in [1.807, 2.05) is 36.4 Å². The molecule has 26 heavy (non-hydrogen) atoms. The number of para-hydroxylation sites is 2. The molecule has 0 radical (unpaired) electrons. The van der Waals surface area contributed by atoms with Crippen LogP contribution in [-0.2, 0) is 16.0 Å². The Hall–Kier alpha value is -2.99. The monoisotopic (exact) mass is 350 g/mol. The van der Waals surface area contributed by atoms with Gasteiger partial charge in [0.2, 0.25) is 6.79 Å². The summed E-state index contributed by atoms with van der Waals surface area (Å²) in [6.45, 7) is 0.207. The molecule has 0 bridgehead atoms. The van der Waals surface area contributed by atoms with Gasteiger partial charge in [-0.3, -0.25) is 10.1 Å². The molecule has 3 aromatic rings. The Morgan fingerprint density at radius 2 is 2.04 bits per heavy atom. The number of carbonyl (C=O) groups is 1. The molecule has 2 atom stereocenters. The molecule has 1 aromatic heterocycles. The first-order chi connectivity index (χ1) is 12.8. The average Bonchev–Trinajstić information content (AvgIpc) is 3.30. The van der Waals surface area contributed by atoms with Gasteiger partial charge in [-0.2, -0.15) is 0 Å². The molecule has 6 nitrogen and oxygen atoms in total. The minimum atomic E-state index is -0.421. The molecular formula is C20H18N2O4. The Morgan fingerprint density at radius 3 is 2.92 bits per heavy atom. The Balaban J connectivity index is 1.70. The standard InChI is InChI=1S/C20H18N2O4/c1-24-20(23)15-9-13-11-5-2-3-7-14(11)21-18(13)17(22-15)12-6-4-8-16-19(12)26-10-25-16/h2-8,15,17,21-22H,9-10H2,1H3/t15-,17+/m1/s1. The lowest BCUT2D eigenvalue weighted by atomic mass is 9.90. The first-order valence-corrected chi connectivity index (χ1v) is 8.58. The van der Waals surface area contributed by atoms with Crippen molar-refractivity contribution < 1.29 is 19.0 Å². The Labute approximate surface area is 150 Å². The zero-order valence-electron chi connectivity index (χ0n) is 14.2. The zero-order chi connectivity index (χ0) is 17.7. The van der Waals surface area contributed by atoms with Gasteiger partial charge in [0, 0.05) is 28.6 Å². The minimum absolute atomic E-state index is 0.207. The smallest absolute Gasteiger partial charge is 0.323 e. The number of hydrogen-bond acceptors (Lipinski definition) is 5. The number of rotatable bonds is 2. The summed E-state index contributed by atoms with van der Waals surface area (Å²) in [5, 5.41) is 4.56. The van der Waals surface area contributed by atoms with Crippen molar-refractivity contribution in [2.75, 3.05) is 13.9 Å². The normalized spacial score (nSPS) is 20.8. The van der Waals surface area contributed by atoms with E-state index >= 15 is 0 Å². The fraction of sp³-hybridized carbons (Fsp3) is 0.250. The van der Waals surface area contributed by atoms with E-state index in [9.17, 15) is 4.79 Å². The molecule has 132 valence electrons. The molecule has 5 rings (SSSR count). The van der Waals surface area contributed by atoms with Crippen LogP contribution in [0, 0.1) is 0 Å². The topological polar surface area (TPSA) is 72.6 Å². The molecular weight excluding hydrogens is 332 g/mol. The highest BCUT2D eigenvalue weighted by molar-refractivity contribution is 5.87. The quantitative estimate of drug-likeness (QED) is 0.695. The van der Waals surface area contributed by atoms with Crippen LogP contribution in [-0.4, -0.2) is 30.9 Å². The maximum absolute atomic E-state index is 12.3. The number of H-pyrrole nitrogens is 1. The summed E-state index contributed by atoms with van der Waals surface area (Å²) >= 11 is 0. The van der Waals surface area contributed by atoms with Crippen molar-refractivity contribution in [2.24, 2.45) is 0 Å². The van der Waals surface area contributed by atoms with Gasteiger partial charge in [0.05, 0.1) is 13.2 Å². The fourth-order valence-corrected chi connectivity index (χ4v) is 3.95. The van der Waals surface area contributed by atoms with Gasteiger partial charge in [-0.25, -0.2) is 0 Å². The molecule has 0 fully saturated rings. The summed E-state index contributed by atoms with van der Waals surface area (Å²) in [6, 6.07) is 13.3. The van der Waals surface area contributed by atoms with Crippen LogP contribution in [0.1, 0.15) is 22.9 Å². The van der Waals surface area contributed by atoms with Crippen molar-refractivity contribution in [3.8, 4) is 11.5 Å². The highest BCUT2D eigenvalue weighted by Gasteiger charge is 2.36. The summed E-state index contributed by atoms with van der Waals surface area (Å²) in [7, 11) is 1.42. The SMILES string of the molecule is COC(=O)[C@H]1Cc2c([nH]c3ccccc23)[C@H](c2cccc3c2OCO3)N1. The van der Waals surface area contributed by atoms with Gasteiger partial charge in [-0.15, -0.1) is 0 Å². The molecule has 0 amide bonds. The van der Waals surface area contributed by atoms with Crippen molar-refractivity contribution >= 4 is 16.9 Å². The number of benzene rings is 2. The summed E-state index contributed by atoms with van der Waals surface area (Å²) in [4.78, 5) is 15.8. The van der Waals surface area contributed by atoms with Gasteiger partial charge in [-0.05, 0) is 17.7 Å². The number of ether oxygens (including phenoxy) is 3. The molecule has 6 heteroatoms. The van der Waals surface area contributed by atoms with E-state index in [4.69, 9.17) is 14.2 Å². The number of esters is 1. The highest BCUT2D eigenvalue weighted by atomic mass is 16.7.